The van der Waals surface area contributed by atoms with Crippen LogP contribution < -0.4 is 11.3 Å². The van der Waals surface area contributed by atoms with E-state index in [9.17, 15) is 0 Å². The maximum absolute atomic E-state index is 5.63. The maximum Gasteiger partial charge on any atom is 0.0615 e. The molecule has 0 aliphatic rings. The van der Waals surface area contributed by atoms with Gasteiger partial charge in [0, 0.05) is 9.35 Å². The van der Waals surface area contributed by atoms with Crippen LogP contribution in [0.15, 0.2) is 15.9 Å². The van der Waals surface area contributed by atoms with Gasteiger partial charge in [0.05, 0.1) is 6.04 Å². The summed E-state index contributed by atoms with van der Waals surface area (Å²) in [6, 6.07) is 2.28. The quantitative estimate of drug-likeness (QED) is 0.653. The summed E-state index contributed by atoms with van der Waals surface area (Å²) in [6.45, 7) is 6.64. The summed E-state index contributed by atoms with van der Waals surface area (Å²) in [5, 5.41) is 2.08. The van der Waals surface area contributed by atoms with Crippen LogP contribution in [0.3, 0.4) is 0 Å². The summed E-state index contributed by atoms with van der Waals surface area (Å²) < 4.78 is 1.15. The molecule has 0 bridgehead atoms. The fraction of sp³-hybridized carbons (Fsp3) is 0.600. The molecule has 1 unspecified atom stereocenters. The maximum atomic E-state index is 5.63. The van der Waals surface area contributed by atoms with Gasteiger partial charge in [-0.15, -0.1) is 11.3 Å². The average Bonchev–Trinajstić information content (AvgIpc) is 2.53. The second kappa shape index (κ2) is 4.75. The summed E-state index contributed by atoms with van der Waals surface area (Å²) in [5.74, 6) is 5.63. The van der Waals surface area contributed by atoms with Gasteiger partial charge in [0.25, 0.3) is 0 Å². The predicted molar refractivity (Wildman–Crippen MR) is 66.2 cm³/mol. The third-order valence-corrected chi connectivity index (χ3v) is 4.70. The highest BCUT2D eigenvalue weighted by atomic mass is 79.9. The van der Waals surface area contributed by atoms with Crippen molar-refractivity contribution < 1.29 is 0 Å². The second-order valence-corrected chi connectivity index (χ2v) is 5.88. The highest BCUT2D eigenvalue weighted by Crippen LogP contribution is 2.41. The van der Waals surface area contributed by atoms with Gasteiger partial charge in [-0.3, -0.25) is 11.3 Å². The molecule has 80 valence electrons. The van der Waals surface area contributed by atoms with Crippen LogP contribution >= 0.6 is 27.3 Å². The molecule has 1 aromatic heterocycles. The summed E-state index contributed by atoms with van der Waals surface area (Å²) in [6.07, 6.45) is 1.09. The molecule has 0 saturated carbocycles. The van der Waals surface area contributed by atoms with E-state index in [1.165, 1.54) is 4.88 Å². The van der Waals surface area contributed by atoms with Crippen LogP contribution in [0.2, 0.25) is 0 Å². The van der Waals surface area contributed by atoms with Gasteiger partial charge in [-0.1, -0.05) is 20.8 Å². The third-order valence-electron chi connectivity index (χ3n) is 2.77. The minimum Gasteiger partial charge on any atom is -0.271 e. The largest absolute Gasteiger partial charge is 0.271 e. The number of hydrogen-bond donors (Lipinski definition) is 2. The van der Waals surface area contributed by atoms with Crippen LogP contribution in [0.5, 0.6) is 0 Å². The predicted octanol–water partition coefficient (Wildman–Crippen LogP) is 3.45. The number of thiophene rings is 1. The molecule has 0 aliphatic heterocycles. The Labute approximate surface area is 98.0 Å². The average molecular weight is 277 g/mol. The number of hydrogen-bond acceptors (Lipinski definition) is 3. The minimum absolute atomic E-state index is 0.169. The van der Waals surface area contributed by atoms with Crippen molar-refractivity contribution in [3.05, 3.63) is 20.8 Å². The van der Waals surface area contributed by atoms with E-state index in [4.69, 9.17) is 5.84 Å². The molecule has 0 saturated heterocycles. The summed E-state index contributed by atoms with van der Waals surface area (Å²) >= 11 is 5.28. The molecule has 1 aromatic rings. The van der Waals surface area contributed by atoms with Crippen LogP contribution in [0.1, 0.15) is 38.1 Å². The third kappa shape index (κ3) is 2.37. The van der Waals surface area contributed by atoms with Crippen molar-refractivity contribution in [3.8, 4) is 0 Å². The van der Waals surface area contributed by atoms with E-state index in [1.807, 2.05) is 0 Å². The van der Waals surface area contributed by atoms with Crippen molar-refractivity contribution in [2.75, 3.05) is 0 Å². The normalized spacial score (nSPS) is 14.4. The van der Waals surface area contributed by atoms with E-state index in [0.29, 0.717) is 0 Å². The first-order valence-corrected chi connectivity index (χ1v) is 6.39. The van der Waals surface area contributed by atoms with Gasteiger partial charge in [0.2, 0.25) is 0 Å². The Bertz CT molecular complexity index is 296. The van der Waals surface area contributed by atoms with Crippen molar-refractivity contribution in [2.24, 2.45) is 11.3 Å². The van der Waals surface area contributed by atoms with E-state index in [-0.39, 0.29) is 11.5 Å². The van der Waals surface area contributed by atoms with E-state index >= 15 is 0 Å². The van der Waals surface area contributed by atoms with Crippen molar-refractivity contribution >= 4 is 27.3 Å². The van der Waals surface area contributed by atoms with Crippen LogP contribution in [0.4, 0.5) is 0 Å². The molecule has 0 aromatic carbocycles. The molecule has 0 radical (unpaired) electrons. The summed E-state index contributed by atoms with van der Waals surface area (Å²) in [5.41, 5.74) is 3.09. The number of hydrazine groups is 1. The molecule has 0 spiro atoms. The first-order chi connectivity index (χ1) is 6.53. The molecule has 1 heterocycles. The summed E-state index contributed by atoms with van der Waals surface area (Å²) in [4.78, 5) is 1.28. The van der Waals surface area contributed by atoms with Gasteiger partial charge >= 0.3 is 0 Å². The molecular formula is C10H17BrN2S. The molecule has 14 heavy (non-hydrogen) atoms. The Morgan fingerprint density at radius 2 is 2.29 bits per heavy atom. The number of nitrogens with two attached hydrogens (primary N) is 1. The lowest BCUT2D eigenvalue weighted by Crippen LogP contribution is -2.37. The van der Waals surface area contributed by atoms with Gasteiger partial charge in [-0.05, 0) is 39.2 Å². The molecule has 1 rings (SSSR count). The first-order valence-electron chi connectivity index (χ1n) is 4.72. The van der Waals surface area contributed by atoms with E-state index in [0.717, 1.165) is 10.9 Å². The zero-order chi connectivity index (χ0) is 10.8. The van der Waals surface area contributed by atoms with Crippen molar-refractivity contribution in [3.63, 3.8) is 0 Å². The van der Waals surface area contributed by atoms with E-state index in [2.05, 4.69) is 53.6 Å². The molecule has 3 N–H and O–H groups in total. The Morgan fingerprint density at radius 1 is 1.64 bits per heavy atom. The monoisotopic (exact) mass is 276 g/mol. The smallest absolute Gasteiger partial charge is 0.0615 e. The van der Waals surface area contributed by atoms with E-state index in [1.54, 1.807) is 11.3 Å². The Morgan fingerprint density at radius 3 is 2.64 bits per heavy atom. The molecular weight excluding hydrogens is 260 g/mol. The lowest BCUT2D eigenvalue weighted by Gasteiger charge is -2.32. The van der Waals surface area contributed by atoms with Gasteiger partial charge in [0.15, 0.2) is 0 Å². The van der Waals surface area contributed by atoms with Crippen molar-refractivity contribution in [1.29, 1.82) is 0 Å². The van der Waals surface area contributed by atoms with Crippen LogP contribution in [0.25, 0.3) is 0 Å². The topological polar surface area (TPSA) is 38.0 Å². The van der Waals surface area contributed by atoms with Gasteiger partial charge in [-0.2, -0.15) is 0 Å². The van der Waals surface area contributed by atoms with Gasteiger partial charge in [0.1, 0.15) is 0 Å². The lowest BCUT2D eigenvalue weighted by molar-refractivity contribution is 0.239. The van der Waals surface area contributed by atoms with Gasteiger partial charge in [-0.25, -0.2) is 0 Å². The van der Waals surface area contributed by atoms with Crippen LogP contribution in [-0.2, 0) is 0 Å². The molecule has 0 aliphatic carbocycles. The molecule has 1 atom stereocenters. The van der Waals surface area contributed by atoms with E-state index < -0.39 is 0 Å². The lowest BCUT2D eigenvalue weighted by atomic mass is 9.81. The molecule has 4 heteroatoms. The highest BCUT2D eigenvalue weighted by Gasteiger charge is 2.30. The van der Waals surface area contributed by atoms with Crippen LogP contribution in [0, 0.1) is 5.41 Å². The Kier molecular flexibility index (Phi) is 4.13. The summed E-state index contributed by atoms with van der Waals surface area (Å²) in [7, 11) is 0. The fourth-order valence-corrected chi connectivity index (χ4v) is 3.24. The Hall–Kier alpha value is 0.100. The fourth-order valence-electron chi connectivity index (χ4n) is 1.37. The molecule has 0 fully saturated rings. The van der Waals surface area contributed by atoms with Gasteiger partial charge < -0.3 is 0 Å². The zero-order valence-corrected chi connectivity index (χ0v) is 11.2. The van der Waals surface area contributed by atoms with Crippen molar-refractivity contribution in [1.82, 2.24) is 5.43 Å². The first kappa shape index (κ1) is 12.2. The van der Waals surface area contributed by atoms with Crippen molar-refractivity contribution in [2.45, 2.75) is 33.2 Å². The number of nitrogens with one attached hydrogen (secondary N) is 1. The standard InChI is InChI=1S/C10H17BrN2S/c1-4-10(2,3)9(13-12)8-7(11)5-6-14-8/h5-6,9,13H,4,12H2,1-3H3. The minimum atomic E-state index is 0.169. The highest BCUT2D eigenvalue weighted by molar-refractivity contribution is 9.10. The number of rotatable bonds is 4. The molecule has 2 nitrogen and oxygen atoms in total. The number of halogens is 1. The molecule has 0 amide bonds. The second-order valence-electron chi connectivity index (χ2n) is 4.07. The SMILES string of the molecule is CCC(C)(C)C(NN)c1sccc1Br. The Balaban J connectivity index is 2.99. The zero-order valence-electron chi connectivity index (χ0n) is 8.80. The van der Waals surface area contributed by atoms with Crippen LogP contribution in [-0.4, -0.2) is 0 Å².